The number of anilines is 1. The highest BCUT2D eigenvalue weighted by Crippen LogP contribution is 2.37. The Bertz CT molecular complexity index is 1370. The molecule has 0 atom stereocenters. The molecule has 0 bridgehead atoms. The number of nitrogens with one attached hydrogen (secondary N) is 1. The van der Waals surface area contributed by atoms with Crippen LogP contribution in [0.15, 0.2) is 83.7 Å². The lowest BCUT2D eigenvalue weighted by Crippen LogP contribution is -2.29. The van der Waals surface area contributed by atoms with Crippen LogP contribution in [-0.2, 0) is 24.2 Å². The molecule has 3 aromatic carbocycles. The molecule has 0 radical (unpaired) electrons. The van der Waals surface area contributed by atoms with Crippen molar-refractivity contribution in [3.63, 3.8) is 0 Å². The number of carbonyl (C=O) groups is 1. The van der Waals surface area contributed by atoms with Gasteiger partial charge in [-0.3, -0.25) is 9.59 Å². The molecule has 0 spiro atoms. The van der Waals surface area contributed by atoms with E-state index in [0.717, 1.165) is 24.1 Å². The molecule has 1 aromatic heterocycles. The number of hydrogen-bond acceptors (Lipinski definition) is 3. The van der Waals surface area contributed by atoms with Gasteiger partial charge in [-0.1, -0.05) is 61.5 Å². The zero-order valence-electron chi connectivity index (χ0n) is 17.8. The zero-order valence-corrected chi connectivity index (χ0v) is 17.8. The lowest BCUT2D eigenvalue weighted by Gasteiger charge is -2.10. The minimum absolute atomic E-state index is 0.142. The monoisotopic (exact) mass is 421 g/mol. The number of aryl methyl sites for hydroxylation is 1. The summed E-state index contributed by atoms with van der Waals surface area (Å²) in [5.41, 5.74) is 8.17. The number of benzene rings is 3. The largest absolute Gasteiger partial charge is 0.324 e. The third kappa shape index (κ3) is 3.85. The van der Waals surface area contributed by atoms with Crippen LogP contribution in [0.5, 0.6) is 0 Å². The van der Waals surface area contributed by atoms with Crippen LogP contribution in [0.3, 0.4) is 0 Å². The average molecular weight is 422 g/mol. The van der Waals surface area contributed by atoms with Gasteiger partial charge in [0.15, 0.2) is 0 Å². The zero-order chi connectivity index (χ0) is 22.1. The van der Waals surface area contributed by atoms with E-state index in [9.17, 15) is 9.59 Å². The summed E-state index contributed by atoms with van der Waals surface area (Å²) in [4.78, 5) is 25.0. The van der Waals surface area contributed by atoms with Crippen molar-refractivity contribution in [1.82, 2.24) is 9.78 Å². The fourth-order valence-electron chi connectivity index (χ4n) is 4.19. The van der Waals surface area contributed by atoms with E-state index < -0.39 is 0 Å². The molecule has 1 aliphatic rings. The van der Waals surface area contributed by atoms with Crippen molar-refractivity contribution in [1.29, 1.82) is 0 Å². The SMILES string of the molecule is CCc1ccc(-c2ccc(=O)n(CC(=O)Nc3ccc4c(c3)Cc3ccccc3-4)n2)cc1. The molecule has 0 saturated carbocycles. The predicted octanol–water partition coefficient (Wildman–Crippen LogP) is 4.68. The Kier molecular flexibility index (Phi) is 5.15. The van der Waals surface area contributed by atoms with Gasteiger partial charge in [-0.2, -0.15) is 5.10 Å². The van der Waals surface area contributed by atoms with Gasteiger partial charge in [-0.15, -0.1) is 0 Å². The molecule has 158 valence electrons. The fourth-order valence-corrected chi connectivity index (χ4v) is 4.19. The molecule has 0 aliphatic heterocycles. The van der Waals surface area contributed by atoms with Crippen molar-refractivity contribution in [2.75, 3.05) is 5.32 Å². The van der Waals surface area contributed by atoms with Crippen molar-refractivity contribution < 1.29 is 4.79 Å². The van der Waals surface area contributed by atoms with Crippen molar-refractivity contribution in [3.8, 4) is 22.4 Å². The number of hydrogen-bond donors (Lipinski definition) is 1. The van der Waals surface area contributed by atoms with Gasteiger partial charge in [0.05, 0.1) is 5.69 Å². The summed E-state index contributed by atoms with van der Waals surface area (Å²) >= 11 is 0. The molecule has 5 rings (SSSR count). The minimum atomic E-state index is -0.307. The van der Waals surface area contributed by atoms with Crippen molar-refractivity contribution in [3.05, 3.63) is 106 Å². The standard InChI is InChI=1S/C27H23N3O2/c1-2-18-7-9-19(10-8-18)25-13-14-27(32)30(29-25)17-26(31)28-22-11-12-24-21(16-22)15-20-5-3-4-6-23(20)24/h3-14,16H,2,15,17H2,1H3,(H,28,31). The Balaban J connectivity index is 1.32. The van der Waals surface area contributed by atoms with E-state index in [1.807, 2.05) is 54.6 Å². The van der Waals surface area contributed by atoms with Gasteiger partial charge in [0.1, 0.15) is 6.54 Å². The normalized spacial score (nSPS) is 11.7. The van der Waals surface area contributed by atoms with Crippen LogP contribution in [0.4, 0.5) is 5.69 Å². The number of rotatable bonds is 5. The maximum Gasteiger partial charge on any atom is 0.267 e. The lowest BCUT2D eigenvalue weighted by atomic mass is 10.1. The number of nitrogens with zero attached hydrogens (tertiary/aromatic N) is 2. The summed E-state index contributed by atoms with van der Waals surface area (Å²) in [7, 11) is 0. The summed E-state index contributed by atoms with van der Waals surface area (Å²) in [5.74, 6) is -0.284. The highest BCUT2D eigenvalue weighted by molar-refractivity contribution is 5.91. The van der Waals surface area contributed by atoms with Crippen LogP contribution in [-0.4, -0.2) is 15.7 Å². The van der Waals surface area contributed by atoms with Crippen LogP contribution in [0, 0.1) is 0 Å². The van der Waals surface area contributed by atoms with E-state index in [2.05, 4.69) is 29.5 Å². The molecule has 4 aromatic rings. The molecule has 1 aliphatic carbocycles. The van der Waals surface area contributed by atoms with E-state index in [1.165, 1.54) is 38.6 Å². The first-order chi connectivity index (χ1) is 15.6. The molecule has 5 nitrogen and oxygen atoms in total. The van der Waals surface area contributed by atoms with Gasteiger partial charge in [-0.05, 0) is 58.9 Å². The average Bonchev–Trinajstić information content (AvgIpc) is 3.18. The van der Waals surface area contributed by atoms with Crippen LogP contribution in [0.2, 0.25) is 0 Å². The van der Waals surface area contributed by atoms with Crippen LogP contribution in [0.25, 0.3) is 22.4 Å². The second-order valence-electron chi connectivity index (χ2n) is 8.02. The van der Waals surface area contributed by atoms with Gasteiger partial charge >= 0.3 is 0 Å². The molecule has 0 unspecified atom stereocenters. The molecule has 1 heterocycles. The van der Waals surface area contributed by atoms with E-state index in [0.29, 0.717) is 5.69 Å². The summed E-state index contributed by atoms with van der Waals surface area (Å²) in [5, 5.41) is 7.32. The Morgan fingerprint density at radius 2 is 1.72 bits per heavy atom. The van der Waals surface area contributed by atoms with Gasteiger partial charge in [-0.25, -0.2) is 4.68 Å². The molecular weight excluding hydrogens is 398 g/mol. The number of aromatic nitrogens is 2. The van der Waals surface area contributed by atoms with Crippen molar-refractivity contribution >= 4 is 11.6 Å². The van der Waals surface area contributed by atoms with Gasteiger partial charge < -0.3 is 5.32 Å². The van der Waals surface area contributed by atoms with Gasteiger partial charge in [0.2, 0.25) is 5.91 Å². The number of carbonyl (C=O) groups excluding carboxylic acids is 1. The Labute approximate surface area is 186 Å². The second-order valence-corrected chi connectivity index (χ2v) is 8.02. The summed E-state index contributed by atoms with van der Waals surface area (Å²) in [6.07, 6.45) is 1.82. The fraction of sp³-hybridized carbons (Fsp3) is 0.148. The Morgan fingerprint density at radius 1 is 0.938 bits per heavy atom. The molecule has 0 saturated heterocycles. The molecule has 0 fully saturated rings. The summed E-state index contributed by atoms with van der Waals surface area (Å²) in [6.45, 7) is 1.96. The first-order valence-electron chi connectivity index (χ1n) is 10.8. The molecule has 1 N–H and O–H groups in total. The number of amides is 1. The maximum absolute atomic E-state index is 12.7. The third-order valence-corrected chi connectivity index (χ3v) is 5.90. The van der Waals surface area contributed by atoms with Crippen molar-refractivity contribution in [2.45, 2.75) is 26.3 Å². The molecule has 5 heteroatoms. The van der Waals surface area contributed by atoms with Crippen LogP contribution >= 0.6 is 0 Å². The van der Waals surface area contributed by atoms with E-state index in [1.54, 1.807) is 6.07 Å². The highest BCUT2D eigenvalue weighted by atomic mass is 16.2. The van der Waals surface area contributed by atoms with Crippen LogP contribution < -0.4 is 10.9 Å². The van der Waals surface area contributed by atoms with E-state index >= 15 is 0 Å². The van der Waals surface area contributed by atoms with Crippen LogP contribution in [0.1, 0.15) is 23.6 Å². The summed E-state index contributed by atoms with van der Waals surface area (Å²) in [6, 6.07) is 25.5. The Morgan fingerprint density at radius 3 is 2.53 bits per heavy atom. The highest BCUT2D eigenvalue weighted by Gasteiger charge is 2.18. The van der Waals surface area contributed by atoms with Gasteiger partial charge in [0, 0.05) is 17.3 Å². The first-order valence-corrected chi connectivity index (χ1v) is 10.8. The lowest BCUT2D eigenvalue weighted by molar-refractivity contribution is -0.117. The quantitative estimate of drug-likeness (QED) is 0.448. The Hall–Kier alpha value is -3.99. The molecule has 1 amide bonds. The second kappa shape index (κ2) is 8.27. The third-order valence-electron chi connectivity index (χ3n) is 5.90. The summed E-state index contributed by atoms with van der Waals surface area (Å²) < 4.78 is 1.21. The maximum atomic E-state index is 12.7. The smallest absolute Gasteiger partial charge is 0.267 e. The van der Waals surface area contributed by atoms with E-state index in [4.69, 9.17) is 0 Å². The van der Waals surface area contributed by atoms with E-state index in [-0.39, 0.29) is 18.0 Å². The molecule has 32 heavy (non-hydrogen) atoms. The van der Waals surface area contributed by atoms with Gasteiger partial charge in [0.25, 0.3) is 5.56 Å². The first kappa shape index (κ1) is 19.9. The molecular formula is C27H23N3O2. The number of fused-ring (bicyclic) bond motifs is 3. The van der Waals surface area contributed by atoms with Crippen molar-refractivity contribution in [2.24, 2.45) is 0 Å². The minimum Gasteiger partial charge on any atom is -0.324 e. The topological polar surface area (TPSA) is 64.0 Å². The predicted molar refractivity (Wildman–Crippen MR) is 127 cm³/mol.